The standard InChI is InChI=1S/C13H14Br2N2O3/c14-3-1-9-2-4-16(8-9)13(18)10-5-11(15)7-12(6-10)17(19)20/h5-7,9H,1-4,8H2. The first kappa shape index (κ1) is 15.4. The molecule has 1 aliphatic heterocycles. The van der Waals surface area contributed by atoms with Crippen LogP contribution in [0.5, 0.6) is 0 Å². The largest absolute Gasteiger partial charge is 0.338 e. The van der Waals surface area contributed by atoms with E-state index in [0.29, 0.717) is 16.0 Å². The van der Waals surface area contributed by atoms with Gasteiger partial charge in [0.2, 0.25) is 0 Å². The summed E-state index contributed by atoms with van der Waals surface area (Å²) < 4.78 is 0.547. The number of nitro benzene ring substituents is 1. The minimum absolute atomic E-state index is 0.0704. The quantitative estimate of drug-likeness (QED) is 0.436. The molecule has 0 aromatic heterocycles. The molecule has 1 fully saturated rings. The number of benzene rings is 1. The van der Waals surface area contributed by atoms with E-state index in [2.05, 4.69) is 31.9 Å². The number of nitrogens with zero attached hydrogens (tertiary/aromatic N) is 2. The molecular formula is C13H14Br2N2O3. The van der Waals surface area contributed by atoms with Crippen LogP contribution in [-0.4, -0.2) is 34.2 Å². The predicted octanol–water partition coefficient (Wildman–Crippen LogP) is 3.60. The fraction of sp³-hybridized carbons (Fsp3) is 0.462. The van der Waals surface area contributed by atoms with Gasteiger partial charge in [-0.15, -0.1) is 0 Å². The van der Waals surface area contributed by atoms with Crippen molar-refractivity contribution in [2.75, 3.05) is 18.4 Å². The van der Waals surface area contributed by atoms with E-state index in [1.807, 2.05) is 0 Å². The van der Waals surface area contributed by atoms with E-state index in [1.54, 1.807) is 11.0 Å². The van der Waals surface area contributed by atoms with Crippen LogP contribution in [0.1, 0.15) is 23.2 Å². The summed E-state index contributed by atoms with van der Waals surface area (Å²) in [6.45, 7) is 1.45. The Morgan fingerprint density at radius 3 is 2.85 bits per heavy atom. The molecule has 5 nitrogen and oxygen atoms in total. The third-order valence-corrected chi connectivity index (χ3v) is 4.35. The second kappa shape index (κ2) is 6.67. The van der Waals surface area contributed by atoms with Crippen LogP contribution < -0.4 is 0 Å². The summed E-state index contributed by atoms with van der Waals surface area (Å²) in [6, 6.07) is 4.37. The molecule has 2 rings (SSSR count). The Bertz CT molecular complexity index is 536. The molecule has 1 atom stereocenters. The van der Waals surface area contributed by atoms with Crippen molar-refractivity contribution in [1.29, 1.82) is 0 Å². The average molecular weight is 406 g/mol. The summed E-state index contributed by atoms with van der Waals surface area (Å²) in [7, 11) is 0. The molecule has 1 aromatic rings. The fourth-order valence-corrected chi connectivity index (χ4v) is 3.52. The highest BCUT2D eigenvalue weighted by Crippen LogP contribution is 2.26. The van der Waals surface area contributed by atoms with Gasteiger partial charge in [0.1, 0.15) is 0 Å². The van der Waals surface area contributed by atoms with Gasteiger partial charge in [0.15, 0.2) is 0 Å². The topological polar surface area (TPSA) is 63.4 Å². The van der Waals surface area contributed by atoms with E-state index < -0.39 is 4.92 Å². The van der Waals surface area contributed by atoms with Gasteiger partial charge in [-0.25, -0.2) is 0 Å². The number of carbonyl (C=O) groups excluding carboxylic acids is 1. The summed E-state index contributed by atoms with van der Waals surface area (Å²) in [5, 5.41) is 11.8. The van der Waals surface area contributed by atoms with Gasteiger partial charge in [0.25, 0.3) is 11.6 Å². The molecule has 0 aliphatic carbocycles. The Morgan fingerprint density at radius 1 is 1.45 bits per heavy atom. The molecule has 1 amide bonds. The SMILES string of the molecule is O=C(c1cc(Br)cc([N+](=O)[O-])c1)N1CCC(CCBr)C1. The summed E-state index contributed by atoms with van der Waals surface area (Å²) in [5.41, 5.74) is 0.296. The van der Waals surface area contributed by atoms with Crippen LogP contribution in [0.3, 0.4) is 0 Å². The van der Waals surface area contributed by atoms with Crippen LogP contribution >= 0.6 is 31.9 Å². The molecular weight excluding hydrogens is 392 g/mol. The number of halogens is 2. The number of hydrogen-bond donors (Lipinski definition) is 0. The van der Waals surface area contributed by atoms with Crippen molar-refractivity contribution in [3.8, 4) is 0 Å². The fourth-order valence-electron chi connectivity index (χ4n) is 2.39. The molecule has 1 aromatic carbocycles. The van der Waals surface area contributed by atoms with Crippen molar-refractivity contribution in [3.63, 3.8) is 0 Å². The number of non-ortho nitro benzene ring substituents is 1. The van der Waals surface area contributed by atoms with E-state index in [0.717, 1.165) is 31.3 Å². The van der Waals surface area contributed by atoms with Gasteiger partial charge in [0.05, 0.1) is 4.92 Å². The molecule has 0 N–H and O–H groups in total. The lowest BCUT2D eigenvalue weighted by atomic mass is 10.1. The molecule has 0 bridgehead atoms. The Balaban J connectivity index is 2.15. The van der Waals surface area contributed by atoms with Crippen molar-refractivity contribution in [3.05, 3.63) is 38.3 Å². The number of hydrogen-bond acceptors (Lipinski definition) is 3. The van der Waals surface area contributed by atoms with Gasteiger partial charge >= 0.3 is 0 Å². The van der Waals surface area contributed by atoms with Gasteiger partial charge in [-0.1, -0.05) is 31.9 Å². The van der Waals surface area contributed by atoms with E-state index in [-0.39, 0.29) is 11.6 Å². The van der Waals surface area contributed by atoms with Gasteiger partial charge in [-0.2, -0.15) is 0 Å². The molecule has 1 saturated heterocycles. The first-order valence-corrected chi connectivity index (χ1v) is 8.23. The molecule has 1 aliphatic rings. The number of nitro groups is 1. The zero-order chi connectivity index (χ0) is 14.7. The van der Waals surface area contributed by atoms with Crippen molar-refractivity contribution in [2.45, 2.75) is 12.8 Å². The highest BCUT2D eigenvalue weighted by molar-refractivity contribution is 9.10. The highest BCUT2D eigenvalue weighted by atomic mass is 79.9. The number of carbonyl (C=O) groups is 1. The summed E-state index contributed by atoms with van der Waals surface area (Å²) in [6.07, 6.45) is 2.04. The zero-order valence-electron chi connectivity index (χ0n) is 10.7. The molecule has 20 heavy (non-hydrogen) atoms. The van der Waals surface area contributed by atoms with Crippen molar-refractivity contribution in [1.82, 2.24) is 4.90 Å². The minimum Gasteiger partial charge on any atom is -0.338 e. The third kappa shape index (κ3) is 3.58. The lowest BCUT2D eigenvalue weighted by Gasteiger charge is -2.16. The Hall–Kier alpha value is -0.950. The van der Waals surface area contributed by atoms with Crippen molar-refractivity contribution < 1.29 is 9.72 Å². The number of likely N-dealkylation sites (tertiary alicyclic amines) is 1. The van der Waals surface area contributed by atoms with Crippen LogP contribution in [0.15, 0.2) is 22.7 Å². The summed E-state index contributed by atoms with van der Waals surface area (Å²) >= 11 is 6.63. The lowest BCUT2D eigenvalue weighted by Crippen LogP contribution is -2.28. The van der Waals surface area contributed by atoms with Gasteiger partial charge in [0, 0.05) is 40.6 Å². The summed E-state index contributed by atoms with van der Waals surface area (Å²) in [4.78, 5) is 24.5. The normalized spacial score (nSPS) is 18.3. The van der Waals surface area contributed by atoms with Crippen LogP contribution in [-0.2, 0) is 0 Å². The second-order valence-electron chi connectivity index (χ2n) is 4.84. The van der Waals surface area contributed by atoms with E-state index >= 15 is 0 Å². The number of amides is 1. The molecule has 0 radical (unpaired) electrons. The van der Waals surface area contributed by atoms with Crippen molar-refractivity contribution in [2.24, 2.45) is 5.92 Å². The number of alkyl halides is 1. The zero-order valence-corrected chi connectivity index (χ0v) is 13.9. The molecule has 1 heterocycles. The second-order valence-corrected chi connectivity index (χ2v) is 6.55. The molecule has 0 saturated carbocycles. The highest BCUT2D eigenvalue weighted by Gasteiger charge is 2.27. The maximum atomic E-state index is 12.4. The molecule has 7 heteroatoms. The molecule has 108 valence electrons. The van der Waals surface area contributed by atoms with Crippen LogP contribution in [0.2, 0.25) is 0 Å². The number of rotatable bonds is 4. The Labute approximate surface area is 133 Å². The monoisotopic (exact) mass is 404 g/mol. The predicted molar refractivity (Wildman–Crippen MR) is 83.2 cm³/mol. The lowest BCUT2D eigenvalue weighted by molar-refractivity contribution is -0.385. The summed E-state index contributed by atoms with van der Waals surface area (Å²) in [5.74, 6) is 0.381. The van der Waals surface area contributed by atoms with E-state index in [1.165, 1.54) is 12.1 Å². The van der Waals surface area contributed by atoms with Crippen LogP contribution in [0.25, 0.3) is 0 Å². The van der Waals surface area contributed by atoms with E-state index in [4.69, 9.17) is 0 Å². The Kier molecular flexibility index (Phi) is 5.15. The first-order valence-electron chi connectivity index (χ1n) is 6.31. The van der Waals surface area contributed by atoms with Gasteiger partial charge < -0.3 is 4.90 Å². The van der Waals surface area contributed by atoms with Crippen LogP contribution in [0, 0.1) is 16.0 Å². The van der Waals surface area contributed by atoms with Crippen molar-refractivity contribution >= 4 is 43.5 Å². The first-order chi connectivity index (χ1) is 9.51. The Morgan fingerprint density at radius 2 is 2.20 bits per heavy atom. The van der Waals surface area contributed by atoms with Crippen LogP contribution in [0.4, 0.5) is 5.69 Å². The maximum Gasteiger partial charge on any atom is 0.271 e. The minimum atomic E-state index is -0.487. The van der Waals surface area contributed by atoms with E-state index in [9.17, 15) is 14.9 Å². The molecule has 0 spiro atoms. The van der Waals surface area contributed by atoms with Gasteiger partial charge in [-0.05, 0) is 24.8 Å². The third-order valence-electron chi connectivity index (χ3n) is 3.43. The average Bonchev–Trinajstić information content (AvgIpc) is 2.86. The molecule has 1 unspecified atom stereocenters. The maximum absolute atomic E-state index is 12.4. The van der Waals surface area contributed by atoms with Gasteiger partial charge in [-0.3, -0.25) is 14.9 Å². The smallest absolute Gasteiger partial charge is 0.271 e.